The molecule has 1 atom stereocenters. The third-order valence-corrected chi connectivity index (χ3v) is 3.02. The van der Waals surface area contributed by atoms with Crippen molar-refractivity contribution in [2.45, 2.75) is 25.8 Å². The van der Waals surface area contributed by atoms with Crippen molar-refractivity contribution in [1.82, 2.24) is 15.1 Å². The average Bonchev–Trinajstić information content (AvgIpc) is 2.21. The Morgan fingerprint density at radius 3 is 2.93 bits per heavy atom. The van der Waals surface area contributed by atoms with Crippen molar-refractivity contribution in [1.29, 1.82) is 0 Å². The van der Waals surface area contributed by atoms with Gasteiger partial charge in [-0.1, -0.05) is 6.92 Å². The van der Waals surface area contributed by atoms with Gasteiger partial charge in [0.25, 0.3) is 0 Å². The normalized spacial score (nSPS) is 22.7. The number of amides is 1. The van der Waals surface area contributed by atoms with Gasteiger partial charge in [-0.2, -0.15) is 0 Å². The van der Waals surface area contributed by atoms with Crippen LogP contribution in [0.3, 0.4) is 0 Å². The van der Waals surface area contributed by atoms with Crippen molar-refractivity contribution in [3.05, 3.63) is 0 Å². The Morgan fingerprint density at radius 1 is 1.60 bits per heavy atom. The number of rotatable bonds is 4. The highest BCUT2D eigenvalue weighted by Crippen LogP contribution is 2.03. The fraction of sp³-hybridized carbons (Fsp3) is 0.909. The molecule has 0 aromatic carbocycles. The molecule has 1 saturated heterocycles. The van der Waals surface area contributed by atoms with Crippen molar-refractivity contribution in [3.8, 4) is 0 Å². The van der Waals surface area contributed by atoms with Crippen molar-refractivity contribution < 1.29 is 4.79 Å². The summed E-state index contributed by atoms with van der Waals surface area (Å²) >= 11 is 0. The Balaban J connectivity index is 2.35. The van der Waals surface area contributed by atoms with Gasteiger partial charge in [0.15, 0.2) is 0 Å². The monoisotopic (exact) mass is 213 g/mol. The summed E-state index contributed by atoms with van der Waals surface area (Å²) in [6.07, 6.45) is 1.60. The third-order valence-electron chi connectivity index (χ3n) is 3.02. The van der Waals surface area contributed by atoms with Gasteiger partial charge in [0.2, 0.25) is 5.91 Å². The first-order valence-corrected chi connectivity index (χ1v) is 5.80. The van der Waals surface area contributed by atoms with Gasteiger partial charge in [-0.3, -0.25) is 9.69 Å². The first-order valence-electron chi connectivity index (χ1n) is 5.80. The molecule has 15 heavy (non-hydrogen) atoms. The van der Waals surface area contributed by atoms with Crippen LogP contribution in [-0.4, -0.2) is 62.0 Å². The second kappa shape index (κ2) is 6.08. The zero-order valence-electron chi connectivity index (χ0n) is 10.1. The molecular weight excluding hydrogens is 190 g/mol. The highest BCUT2D eigenvalue weighted by Gasteiger charge is 2.21. The topological polar surface area (TPSA) is 35.6 Å². The summed E-state index contributed by atoms with van der Waals surface area (Å²) in [6, 6.07) is 0.463. The number of carbonyl (C=O) groups excluding carboxylic acids is 1. The number of nitrogens with one attached hydrogen (secondary N) is 1. The van der Waals surface area contributed by atoms with Crippen LogP contribution >= 0.6 is 0 Å². The number of nitrogens with zero attached hydrogens (tertiary/aromatic N) is 2. The Labute approximate surface area is 92.6 Å². The summed E-state index contributed by atoms with van der Waals surface area (Å²) in [5.74, 6) is 0.261. The van der Waals surface area contributed by atoms with E-state index in [1.807, 2.05) is 18.9 Å². The third kappa shape index (κ3) is 3.80. The molecule has 0 aromatic rings. The maximum absolute atomic E-state index is 11.6. The minimum absolute atomic E-state index is 0.261. The van der Waals surface area contributed by atoms with Gasteiger partial charge in [0, 0.05) is 45.7 Å². The maximum atomic E-state index is 11.6. The number of piperazine rings is 1. The maximum Gasteiger partial charge on any atom is 0.222 e. The van der Waals surface area contributed by atoms with E-state index in [-0.39, 0.29) is 5.91 Å². The van der Waals surface area contributed by atoms with Gasteiger partial charge in [-0.05, 0) is 13.5 Å². The zero-order chi connectivity index (χ0) is 11.3. The van der Waals surface area contributed by atoms with Gasteiger partial charge in [0.1, 0.15) is 0 Å². The summed E-state index contributed by atoms with van der Waals surface area (Å²) in [7, 11) is 4.03. The summed E-state index contributed by atoms with van der Waals surface area (Å²) in [5, 5.41) is 3.36. The Bertz CT molecular complexity index is 208. The second-order valence-corrected chi connectivity index (χ2v) is 4.36. The van der Waals surface area contributed by atoms with Crippen LogP contribution in [0.15, 0.2) is 0 Å². The number of carbonyl (C=O) groups is 1. The Kier molecular flexibility index (Phi) is 5.05. The van der Waals surface area contributed by atoms with Gasteiger partial charge in [0.05, 0.1) is 0 Å². The van der Waals surface area contributed by atoms with Crippen LogP contribution in [0.4, 0.5) is 0 Å². The van der Waals surface area contributed by atoms with Gasteiger partial charge >= 0.3 is 0 Å². The lowest BCUT2D eigenvalue weighted by Gasteiger charge is -2.35. The smallest absolute Gasteiger partial charge is 0.222 e. The predicted octanol–water partition coefficient (Wildman–Crippen LogP) is 0.149. The Morgan fingerprint density at radius 2 is 2.33 bits per heavy atom. The van der Waals surface area contributed by atoms with Crippen molar-refractivity contribution in [3.63, 3.8) is 0 Å². The molecule has 1 unspecified atom stereocenters. The fourth-order valence-electron chi connectivity index (χ4n) is 1.89. The van der Waals surface area contributed by atoms with Crippen LogP contribution in [0.2, 0.25) is 0 Å². The van der Waals surface area contributed by atoms with E-state index in [2.05, 4.69) is 17.3 Å². The minimum atomic E-state index is 0.261. The molecule has 1 N–H and O–H groups in total. The largest absolute Gasteiger partial charge is 0.344 e. The van der Waals surface area contributed by atoms with E-state index < -0.39 is 0 Å². The molecule has 1 aliphatic rings. The number of hydrogen-bond donors (Lipinski definition) is 1. The van der Waals surface area contributed by atoms with E-state index in [0.717, 1.165) is 32.6 Å². The molecule has 4 heteroatoms. The standard InChI is InChI=1S/C11H23N3O/c1-4-5-11(15)14(3)9-10-8-12-6-7-13(10)2/h10,12H,4-9H2,1-3H3. The molecule has 0 aromatic heterocycles. The molecule has 0 saturated carbocycles. The van der Waals surface area contributed by atoms with Crippen LogP contribution in [0.25, 0.3) is 0 Å². The van der Waals surface area contributed by atoms with Gasteiger partial charge in [-0.15, -0.1) is 0 Å². The quantitative estimate of drug-likeness (QED) is 0.722. The number of likely N-dealkylation sites (N-methyl/N-ethyl adjacent to an activating group) is 2. The summed E-state index contributed by atoms with van der Waals surface area (Å²) in [4.78, 5) is 15.8. The van der Waals surface area contributed by atoms with Crippen LogP contribution in [0, 0.1) is 0 Å². The summed E-state index contributed by atoms with van der Waals surface area (Å²) in [6.45, 7) is 5.99. The zero-order valence-corrected chi connectivity index (χ0v) is 10.1. The Hall–Kier alpha value is -0.610. The van der Waals surface area contributed by atoms with Crippen molar-refractivity contribution >= 4 is 5.91 Å². The molecule has 1 heterocycles. The molecule has 1 rings (SSSR count). The minimum Gasteiger partial charge on any atom is -0.344 e. The van der Waals surface area contributed by atoms with Crippen LogP contribution in [-0.2, 0) is 4.79 Å². The van der Waals surface area contributed by atoms with E-state index in [4.69, 9.17) is 0 Å². The summed E-state index contributed by atoms with van der Waals surface area (Å²) < 4.78 is 0. The predicted molar refractivity (Wildman–Crippen MR) is 61.8 cm³/mol. The van der Waals surface area contributed by atoms with Gasteiger partial charge < -0.3 is 10.2 Å². The molecule has 0 aliphatic carbocycles. The lowest BCUT2D eigenvalue weighted by atomic mass is 10.2. The van der Waals surface area contributed by atoms with E-state index in [1.165, 1.54) is 0 Å². The van der Waals surface area contributed by atoms with E-state index >= 15 is 0 Å². The van der Waals surface area contributed by atoms with Crippen molar-refractivity contribution in [2.24, 2.45) is 0 Å². The first kappa shape index (κ1) is 12.5. The average molecular weight is 213 g/mol. The first-order chi connectivity index (χ1) is 7.15. The van der Waals surface area contributed by atoms with E-state index in [9.17, 15) is 4.79 Å². The SMILES string of the molecule is CCCC(=O)N(C)CC1CNCCN1C. The molecule has 88 valence electrons. The molecule has 0 bridgehead atoms. The molecule has 1 amide bonds. The molecule has 0 spiro atoms. The van der Waals surface area contributed by atoms with Gasteiger partial charge in [-0.25, -0.2) is 0 Å². The fourth-order valence-corrected chi connectivity index (χ4v) is 1.89. The molecule has 1 fully saturated rings. The highest BCUT2D eigenvalue weighted by molar-refractivity contribution is 5.75. The van der Waals surface area contributed by atoms with Crippen LogP contribution in [0.1, 0.15) is 19.8 Å². The van der Waals surface area contributed by atoms with Crippen molar-refractivity contribution in [2.75, 3.05) is 40.3 Å². The lowest BCUT2D eigenvalue weighted by Crippen LogP contribution is -2.54. The highest BCUT2D eigenvalue weighted by atomic mass is 16.2. The molecule has 1 aliphatic heterocycles. The molecule has 0 radical (unpaired) electrons. The van der Waals surface area contributed by atoms with E-state index in [0.29, 0.717) is 12.5 Å². The molecule has 4 nitrogen and oxygen atoms in total. The van der Waals surface area contributed by atoms with Crippen LogP contribution < -0.4 is 5.32 Å². The summed E-state index contributed by atoms with van der Waals surface area (Å²) in [5.41, 5.74) is 0. The second-order valence-electron chi connectivity index (χ2n) is 4.36. The molecular formula is C11H23N3O. The number of hydrogen-bond acceptors (Lipinski definition) is 3. The van der Waals surface area contributed by atoms with E-state index in [1.54, 1.807) is 0 Å². The van der Waals surface area contributed by atoms with Crippen LogP contribution in [0.5, 0.6) is 0 Å². The lowest BCUT2D eigenvalue weighted by molar-refractivity contribution is -0.130.